The van der Waals surface area contributed by atoms with Gasteiger partial charge in [-0.2, -0.15) is 0 Å². The highest BCUT2D eigenvalue weighted by molar-refractivity contribution is 6.21. The standard InChI is InChI=1S/C104H97NO/c1-9-11-13-15-17-32-60-104(61-33-18-16-14-12-10-2)87-42-30-28-40-79(87)82-56-50-76(66-92(82)104)75-49-55-81-80-54-48-73(63-88(80)101(3,4)89(81)65-75)69-44-46-70(47-45-69)74-51-57-83-90(64-74)102(5,6)98-95(83)96-85-41-29-31-43-94(85)106-100(96)97-84-58-53-78(67-91(84)103(7,8)99(97)98)105(77-38-26-21-27-39-77)93-59-52-72(68-34-22-19-23-35-68)62-86(93)71-36-24-20-25-37-71/h19-31,34-59,62-67H,9-18,32-33,60-61H2,1-8H3. The van der Waals surface area contributed by atoms with Crippen molar-refractivity contribution in [1.29, 1.82) is 0 Å². The largest absolute Gasteiger partial charge is 0.455 e. The van der Waals surface area contributed by atoms with Crippen molar-refractivity contribution in [2.45, 2.75) is 167 Å². The quantitative estimate of drug-likeness (QED) is 0.0629. The number of nitrogens with zero attached hydrogens (tertiary/aromatic N) is 1. The molecule has 0 radical (unpaired) electrons. The average Bonchev–Trinajstić information content (AvgIpc) is 1.50. The van der Waals surface area contributed by atoms with E-state index in [0.717, 1.165) is 33.6 Å². The van der Waals surface area contributed by atoms with Crippen LogP contribution in [0.4, 0.5) is 17.1 Å². The Morgan fingerprint density at radius 2 is 0.698 bits per heavy atom. The van der Waals surface area contributed by atoms with E-state index < -0.39 is 5.41 Å². The molecule has 1 heterocycles. The summed E-state index contributed by atoms with van der Waals surface area (Å²) in [5.41, 5.74) is 38.8. The highest BCUT2D eigenvalue weighted by atomic mass is 16.3. The van der Waals surface area contributed by atoms with E-state index in [1.165, 1.54) is 229 Å². The lowest BCUT2D eigenvalue weighted by molar-refractivity contribution is 0.398. The van der Waals surface area contributed by atoms with Crippen LogP contribution < -0.4 is 4.90 Å². The van der Waals surface area contributed by atoms with E-state index in [2.05, 4.69) is 333 Å². The summed E-state index contributed by atoms with van der Waals surface area (Å²) >= 11 is 0. The molecule has 2 nitrogen and oxygen atoms in total. The van der Waals surface area contributed by atoms with Crippen molar-refractivity contribution in [3.05, 3.63) is 317 Å². The van der Waals surface area contributed by atoms with Crippen LogP contribution in [0.1, 0.15) is 190 Å². The first-order chi connectivity index (χ1) is 51.8. The molecule has 13 aromatic carbocycles. The third kappa shape index (κ3) is 11.0. The fourth-order valence-electron chi connectivity index (χ4n) is 19.9. The lowest BCUT2D eigenvalue weighted by atomic mass is 9.70. The number of anilines is 3. The van der Waals surface area contributed by atoms with E-state index in [1.54, 1.807) is 11.1 Å². The minimum absolute atomic E-state index is 0.0502. The first-order valence-corrected chi connectivity index (χ1v) is 39.8. The van der Waals surface area contributed by atoms with Crippen molar-refractivity contribution >= 4 is 39.0 Å². The number of furan rings is 1. The van der Waals surface area contributed by atoms with Gasteiger partial charge in [0.2, 0.25) is 0 Å². The van der Waals surface area contributed by atoms with E-state index >= 15 is 0 Å². The first kappa shape index (κ1) is 67.3. The van der Waals surface area contributed by atoms with Gasteiger partial charge in [-0.25, -0.2) is 0 Å². The summed E-state index contributed by atoms with van der Waals surface area (Å²) in [6.45, 7) is 19.4. The number of para-hydroxylation sites is 2. The number of benzene rings is 13. The van der Waals surface area contributed by atoms with Gasteiger partial charge in [0.05, 0.1) is 5.69 Å². The third-order valence-corrected chi connectivity index (χ3v) is 25.4. The fraction of sp³-hybridized carbons (Fsp3) is 0.250. The molecule has 4 aliphatic carbocycles. The van der Waals surface area contributed by atoms with E-state index in [0.29, 0.717) is 0 Å². The summed E-state index contributed by atoms with van der Waals surface area (Å²) < 4.78 is 7.25. The SMILES string of the molecule is CCCCCCCCC1(CCCCCCCC)c2ccccc2-c2ccc(-c3ccc4c(c3)C(C)(C)c3cc(-c5ccc(-c6ccc7c(c6)C(C)(C)c6c8c(c9oc%10ccccc%10c9c6-7)-c6ccc(N(c7ccccc7)c7ccc(-c9ccccc9)cc7-c7ccccc7)cc6C8(C)C)cc5)ccc3-4)cc21. The molecule has 0 aliphatic heterocycles. The van der Waals surface area contributed by atoms with Crippen LogP contribution in [0.5, 0.6) is 0 Å². The summed E-state index contributed by atoms with van der Waals surface area (Å²) in [4.78, 5) is 2.47. The molecule has 524 valence electrons. The van der Waals surface area contributed by atoms with Gasteiger partial charge in [0, 0.05) is 54.9 Å². The maximum atomic E-state index is 7.25. The van der Waals surface area contributed by atoms with Gasteiger partial charge in [0.1, 0.15) is 11.2 Å². The molecule has 0 atom stereocenters. The minimum atomic E-state index is -0.403. The number of rotatable bonds is 22. The van der Waals surface area contributed by atoms with Crippen LogP contribution >= 0.6 is 0 Å². The molecule has 0 N–H and O–H groups in total. The number of hydrogen-bond acceptors (Lipinski definition) is 2. The predicted molar refractivity (Wildman–Crippen MR) is 450 cm³/mol. The predicted octanol–water partition coefficient (Wildman–Crippen LogP) is 30.1. The molecule has 0 spiro atoms. The van der Waals surface area contributed by atoms with Gasteiger partial charge >= 0.3 is 0 Å². The van der Waals surface area contributed by atoms with Crippen LogP contribution in [0.25, 0.3) is 122 Å². The van der Waals surface area contributed by atoms with Crippen LogP contribution in [-0.2, 0) is 21.7 Å². The van der Waals surface area contributed by atoms with Crippen molar-refractivity contribution in [3.8, 4) is 100 Å². The number of fused-ring (bicyclic) bond motifs is 18. The van der Waals surface area contributed by atoms with Gasteiger partial charge in [-0.05, 0) is 213 Å². The Kier molecular flexibility index (Phi) is 17.0. The van der Waals surface area contributed by atoms with Gasteiger partial charge in [0.25, 0.3) is 0 Å². The molecule has 0 bridgehead atoms. The summed E-state index contributed by atoms with van der Waals surface area (Å²) in [5.74, 6) is 0. The molecular formula is C104H97NO. The molecule has 4 aliphatic rings. The van der Waals surface area contributed by atoms with Crippen molar-refractivity contribution in [2.24, 2.45) is 0 Å². The second kappa shape index (κ2) is 26.8. The van der Waals surface area contributed by atoms with Gasteiger partial charge in [0.15, 0.2) is 0 Å². The van der Waals surface area contributed by atoms with Crippen molar-refractivity contribution in [2.75, 3.05) is 4.90 Å². The Bertz CT molecular complexity index is 5690. The topological polar surface area (TPSA) is 16.4 Å². The zero-order chi connectivity index (χ0) is 72.1. The molecule has 0 fully saturated rings. The Hall–Kier alpha value is -10.5. The summed E-state index contributed by atoms with van der Waals surface area (Å²) in [7, 11) is 0. The third-order valence-electron chi connectivity index (χ3n) is 25.4. The lowest BCUT2D eigenvalue weighted by Crippen LogP contribution is -2.25. The molecule has 0 saturated carbocycles. The van der Waals surface area contributed by atoms with Crippen LogP contribution in [0, 0.1) is 0 Å². The van der Waals surface area contributed by atoms with Gasteiger partial charge in [-0.15, -0.1) is 0 Å². The molecule has 0 saturated heterocycles. The maximum Gasteiger partial charge on any atom is 0.144 e. The van der Waals surface area contributed by atoms with Gasteiger partial charge in [-0.1, -0.05) is 339 Å². The fourth-order valence-corrected chi connectivity index (χ4v) is 19.9. The monoisotopic (exact) mass is 1380 g/mol. The minimum Gasteiger partial charge on any atom is -0.455 e. The molecule has 106 heavy (non-hydrogen) atoms. The van der Waals surface area contributed by atoms with Crippen molar-refractivity contribution < 1.29 is 4.42 Å². The zero-order valence-electron chi connectivity index (χ0n) is 63.2. The Labute approximate surface area is 628 Å². The summed E-state index contributed by atoms with van der Waals surface area (Å²) in [6, 6.07) is 104. The Morgan fingerprint density at radius 3 is 1.31 bits per heavy atom. The smallest absolute Gasteiger partial charge is 0.144 e. The highest BCUT2D eigenvalue weighted by Gasteiger charge is 2.50. The van der Waals surface area contributed by atoms with E-state index in [1.807, 2.05) is 0 Å². The lowest BCUT2D eigenvalue weighted by Gasteiger charge is -2.33. The van der Waals surface area contributed by atoms with Crippen LogP contribution in [0.3, 0.4) is 0 Å². The molecule has 1 aromatic heterocycles. The van der Waals surface area contributed by atoms with E-state index in [9.17, 15) is 0 Å². The van der Waals surface area contributed by atoms with Crippen LogP contribution in [-0.4, -0.2) is 0 Å². The molecule has 0 unspecified atom stereocenters. The van der Waals surface area contributed by atoms with Crippen LogP contribution in [0.2, 0.25) is 0 Å². The summed E-state index contributed by atoms with van der Waals surface area (Å²) in [6.07, 6.45) is 18.4. The second-order valence-corrected chi connectivity index (χ2v) is 32.8. The number of hydrogen-bond donors (Lipinski definition) is 0. The molecule has 0 amide bonds. The molecule has 2 heteroatoms. The van der Waals surface area contributed by atoms with Crippen LogP contribution in [0.15, 0.2) is 277 Å². The average molecular weight is 1380 g/mol. The van der Waals surface area contributed by atoms with Crippen molar-refractivity contribution in [1.82, 2.24) is 0 Å². The Balaban J connectivity index is 0.659. The van der Waals surface area contributed by atoms with E-state index in [-0.39, 0.29) is 16.2 Å². The molecule has 18 rings (SSSR count). The second-order valence-electron chi connectivity index (χ2n) is 32.8. The number of unbranched alkanes of at least 4 members (excludes halogenated alkanes) is 10. The first-order valence-electron chi connectivity index (χ1n) is 39.8. The zero-order valence-corrected chi connectivity index (χ0v) is 63.2. The normalized spacial score (nSPS) is 14.7. The maximum absolute atomic E-state index is 7.25. The highest BCUT2D eigenvalue weighted by Crippen LogP contribution is 2.65. The van der Waals surface area contributed by atoms with Crippen molar-refractivity contribution in [3.63, 3.8) is 0 Å². The Morgan fingerprint density at radius 1 is 0.283 bits per heavy atom. The molecule has 14 aromatic rings. The molecular weight excluding hydrogens is 1280 g/mol. The summed E-state index contributed by atoms with van der Waals surface area (Å²) in [5, 5.41) is 2.37. The van der Waals surface area contributed by atoms with Gasteiger partial charge < -0.3 is 9.32 Å². The van der Waals surface area contributed by atoms with E-state index in [4.69, 9.17) is 4.42 Å². The van der Waals surface area contributed by atoms with Gasteiger partial charge in [-0.3, -0.25) is 0 Å².